The van der Waals surface area contributed by atoms with Crippen molar-refractivity contribution in [1.82, 2.24) is 5.32 Å². The van der Waals surface area contributed by atoms with E-state index in [9.17, 15) is 5.11 Å². The van der Waals surface area contributed by atoms with Crippen LogP contribution in [0.2, 0.25) is 0 Å². The first-order valence-electron chi connectivity index (χ1n) is 7.13. The highest BCUT2D eigenvalue weighted by atomic mass is 79.9. The lowest BCUT2D eigenvalue weighted by molar-refractivity contribution is 0.154. The van der Waals surface area contributed by atoms with E-state index in [-0.39, 0.29) is 6.10 Å². The van der Waals surface area contributed by atoms with Gasteiger partial charge in [-0.25, -0.2) is 0 Å². The number of halogens is 1. The van der Waals surface area contributed by atoms with Crippen molar-refractivity contribution in [3.8, 4) is 0 Å². The van der Waals surface area contributed by atoms with Gasteiger partial charge in [-0.2, -0.15) is 0 Å². The lowest BCUT2D eigenvalue weighted by Crippen LogP contribution is -2.38. The standard InChI is InChI=1S/C15H23BrN2O/c1-2-7-17-10-12-5-6-15(14(16)9-12)18-8-3-4-13(19)11-18/h5-6,9,13,17,19H,2-4,7-8,10-11H2,1H3. The van der Waals surface area contributed by atoms with Gasteiger partial charge in [0.2, 0.25) is 0 Å². The van der Waals surface area contributed by atoms with Crippen molar-refractivity contribution in [2.75, 3.05) is 24.5 Å². The minimum absolute atomic E-state index is 0.188. The Morgan fingerprint density at radius 1 is 1.47 bits per heavy atom. The molecule has 1 saturated heterocycles. The number of anilines is 1. The second-order valence-electron chi connectivity index (χ2n) is 5.20. The Balaban J connectivity index is 2.02. The van der Waals surface area contributed by atoms with Gasteiger partial charge in [0.15, 0.2) is 0 Å². The molecule has 0 amide bonds. The second kappa shape index (κ2) is 7.27. The van der Waals surface area contributed by atoms with E-state index >= 15 is 0 Å². The van der Waals surface area contributed by atoms with Crippen molar-refractivity contribution in [3.05, 3.63) is 28.2 Å². The zero-order chi connectivity index (χ0) is 13.7. The summed E-state index contributed by atoms with van der Waals surface area (Å²) in [5, 5.41) is 13.2. The number of aliphatic hydroxyl groups is 1. The molecule has 0 radical (unpaired) electrons. The van der Waals surface area contributed by atoms with Crippen LogP contribution in [-0.4, -0.2) is 30.8 Å². The van der Waals surface area contributed by atoms with E-state index in [1.807, 2.05) is 0 Å². The molecule has 2 N–H and O–H groups in total. The number of aliphatic hydroxyl groups excluding tert-OH is 1. The van der Waals surface area contributed by atoms with Crippen LogP contribution < -0.4 is 10.2 Å². The smallest absolute Gasteiger partial charge is 0.0715 e. The largest absolute Gasteiger partial charge is 0.391 e. The van der Waals surface area contributed by atoms with E-state index in [4.69, 9.17) is 0 Å². The Morgan fingerprint density at radius 2 is 2.32 bits per heavy atom. The summed E-state index contributed by atoms with van der Waals surface area (Å²) in [5.74, 6) is 0. The molecular weight excluding hydrogens is 304 g/mol. The SMILES string of the molecule is CCCNCc1ccc(N2CCCC(O)C2)c(Br)c1. The average Bonchev–Trinajstić information content (AvgIpc) is 2.39. The summed E-state index contributed by atoms with van der Waals surface area (Å²) >= 11 is 3.66. The van der Waals surface area contributed by atoms with Crippen molar-refractivity contribution in [2.45, 2.75) is 38.8 Å². The van der Waals surface area contributed by atoms with Crippen molar-refractivity contribution in [3.63, 3.8) is 0 Å². The second-order valence-corrected chi connectivity index (χ2v) is 6.06. The monoisotopic (exact) mass is 326 g/mol. The molecule has 0 spiro atoms. The van der Waals surface area contributed by atoms with Crippen LogP contribution in [-0.2, 0) is 6.54 Å². The number of nitrogens with zero attached hydrogens (tertiary/aromatic N) is 1. The van der Waals surface area contributed by atoms with Gasteiger partial charge >= 0.3 is 0 Å². The molecule has 106 valence electrons. The molecule has 2 rings (SSSR count). The third-order valence-corrected chi connectivity index (χ3v) is 4.14. The fourth-order valence-corrected chi connectivity index (χ4v) is 3.18. The van der Waals surface area contributed by atoms with Gasteiger partial charge in [-0.1, -0.05) is 13.0 Å². The maximum Gasteiger partial charge on any atom is 0.0715 e. The van der Waals surface area contributed by atoms with Crippen LogP contribution in [0.4, 0.5) is 5.69 Å². The summed E-state index contributed by atoms with van der Waals surface area (Å²) in [5.41, 5.74) is 2.49. The molecule has 0 saturated carbocycles. The third-order valence-electron chi connectivity index (χ3n) is 3.51. The molecule has 3 nitrogen and oxygen atoms in total. The Labute approximate surface area is 124 Å². The molecule has 1 aliphatic rings. The van der Waals surface area contributed by atoms with E-state index in [0.29, 0.717) is 0 Å². The maximum atomic E-state index is 9.76. The van der Waals surface area contributed by atoms with Crippen molar-refractivity contribution in [1.29, 1.82) is 0 Å². The average molecular weight is 327 g/mol. The van der Waals surface area contributed by atoms with Gasteiger partial charge in [-0.05, 0) is 59.4 Å². The van der Waals surface area contributed by atoms with Crippen LogP contribution in [0.15, 0.2) is 22.7 Å². The Hall–Kier alpha value is -0.580. The van der Waals surface area contributed by atoms with Crippen LogP contribution in [0.5, 0.6) is 0 Å². The van der Waals surface area contributed by atoms with Crippen molar-refractivity contribution >= 4 is 21.6 Å². The minimum atomic E-state index is -0.188. The predicted molar refractivity (Wildman–Crippen MR) is 83.6 cm³/mol. The van der Waals surface area contributed by atoms with E-state index < -0.39 is 0 Å². The number of β-amino-alcohol motifs (C(OH)–C–C–N with tert-alkyl or cyclic N) is 1. The molecule has 19 heavy (non-hydrogen) atoms. The van der Waals surface area contributed by atoms with E-state index in [1.165, 1.54) is 11.3 Å². The molecule has 1 aliphatic heterocycles. The number of rotatable bonds is 5. The normalized spacial score (nSPS) is 19.7. The molecule has 1 unspecified atom stereocenters. The van der Waals surface area contributed by atoms with Crippen LogP contribution in [0.1, 0.15) is 31.7 Å². The summed E-state index contributed by atoms with van der Waals surface area (Å²) in [4.78, 5) is 2.27. The van der Waals surface area contributed by atoms with E-state index in [1.54, 1.807) is 0 Å². The fourth-order valence-electron chi connectivity index (χ4n) is 2.50. The van der Waals surface area contributed by atoms with E-state index in [0.717, 1.165) is 49.9 Å². The molecule has 1 fully saturated rings. The van der Waals surface area contributed by atoms with Gasteiger partial charge in [0.05, 0.1) is 11.8 Å². The Bertz CT molecular complexity index is 411. The first kappa shape index (κ1) is 14.8. The van der Waals surface area contributed by atoms with Gasteiger partial charge in [0.25, 0.3) is 0 Å². The third kappa shape index (κ3) is 4.20. The maximum absolute atomic E-state index is 9.76. The van der Waals surface area contributed by atoms with Gasteiger partial charge in [-0.3, -0.25) is 0 Å². The van der Waals surface area contributed by atoms with Gasteiger partial charge < -0.3 is 15.3 Å². The number of hydrogen-bond acceptors (Lipinski definition) is 3. The molecule has 1 heterocycles. The molecule has 4 heteroatoms. The Morgan fingerprint density at radius 3 is 3.00 bits per heavy atom. The van der Waals surface area contributed by atoms with Crippen molar-refractivity contribution < 1.29 is 5.11 Å². The highest BCUT2D eigenvalue weighted by Gasteiger charge is 2.19. The number of hydrogen-bond donors (Lipinski definition) is 2. The number of piperidine rings is 1. The van der Waals surface area contributed by atoms with E-state index in [2.05, 4.69) is 51.3 Å². The zero-order valence-corrected chi connectivity index (χ0v) is 13.1. The summed E-state index contributed by atoms with van der Waals surface area (Å²) in [6.45, 7) is 5.91. The minimum Gasteiger partial charge on any atom is -0.391 e. The first-order valence-corrected chi connectivity index (χ1v) is 7.92. The summed E-state index contributed by atoms with van der Waals surface area (Å²) in [6.07, 6.45) is 2.96. The Kier molecular flexibility index (Phi) is 5.67. The topological polar surface area (TPSA) is 35.5 Å². The molecular formula is C15H23BrN2O. The quantitative estimate of drug-likeness (QED) is 0.817. The summed E-state index contributed by atoms with van der Waals surface area (Å²) < 4.78 is 1.12. The lowest BCUT2D eigenvalue weighted by Gasteiger charge is -2.32. The molecule has 0 aromatic heterocycles. The summed E-state index contributed by atoms with van der Waals surface area (Å²) in [6, 6.07) is 6.51. The predicted octanol–water partition coefficient (Wildman–Crippen LogP) is 2.91. The van der Waals surface area contributed by atoms with Crippen molar-refractivity contribution in [2.24, 2.45) is 0 Å². The van der Waals surface area contributed by atoms with Crippen LogP contribution in [0.3, 0.4) is 0 Å². The van der Waals surface area contributed by atoms with Crippen LogP contribution in [0.25, 0.3) is 0 Å². The van der Waals surface area contributed by atoms with Crippen LogP contribution in [0, 0.1) is 0 Å². The number of nitrogens with one attached hydrogen (secondary N) is 1. The highest BCUT2D eigenvalue weighted by molar-refractivity contribution is 9.10. The fraction of sp³-hybridized carbons (Fsp3) is 0.600. The van der Waals surface area contributed by atoms with Gasteiger partial charge in [-0.15, -0.1) is 0 Å². The molecule has 0 aliphatic carbocycles. The summed E-state index contributed by atoms with van der Waals surface area (Å²) in [7, 11) is 0. The van der Waals surface area contributed by atoms with Gasteiger partial charge in [0.1, 0.15) is 0 Å². The molecule has 1 aromatic rings. The first-order chi connectivity index (χ1) is 9.20. The zero-order valence-electron chi connectivity index (χ0n) is 11.5. The number of benzene rings is 1. The molecule has 1 atom stereocenters. The van der Waals surface area contributed by atoms with Crippen LogP contribution >= 0.6 is 15.9 Å². The van der Waals surface area contributed by atoms with Gasteiger partial charge in [0, 0.05) is 24.1 Å². The highest BCUT2D eigenvalue weighted by Crippen LogP contribution is 2.29. The molecule has 1 aromatic carbocycles. The molecule has 0 bridgehead atoms. The lowest BCUT2D eigenvalue weighted by atomic mass is 10.1.